The van der Waals surface area contributed by atoms with Gasteiger partial charge in [-0.2, -0.15) is 0 Å². The van der Waals surface area contributed by atoms with E-state index in [-0.39, 0.29) is 5.43 Å². The van der Waals surface area contributed by atoms with Gasteiger partial charge in [-0.15, -0.1) is 0 Å². The van der Waals surface area contributed by atoms with E-state index < -0.39 is 0 Å². The Labute approximate surface area is 130 Å². The largest absolute Gasteiger partial charge is 0.486 e. The summed E-state index contributed by atoms with van der Waals surface area (Å²) in [5.41, 5.74) is 1.15. The molecule has 1 aliphatic rings. The fourth-order valence-electron chi connectivity index (χ4n) is 3.13. The lowest BCUT2D eigenvalue weighted by molar-refractivity contribution is 0.174. The average molecular weight is 304 g/mol. The van der Waals surface area contributed by atoms with Crippen LogP contribution in [0.5, 0.6) is 11.5 Å². The van der Waals surface area contributed by atoms with Gasteiger partial charge in [0.25, 0.3) is 0 Å². The molecule has 0 radical (unpaired) electrons. The minimum absolute atomic E-state index is 0.0296. The van der Waals surface area contributed by atoms with E-state index in [9.17, 15) is 4.79 Å². The van der Waals surface area contributed by atoms with Crippen molar-refractivity contribution < 1.29 is 13.9 Å². The van der Waals surface area contributed by atoms with Crippen molar-refractivity contribution in [1.82, 2.24) is 0 Å². The van der Waals surface area contributed by atoms with Gasteiger partial charge in [0, 0.05) is 5.39 Å². The van der Waals surface area contributed by atoms with Crippen molar-refractivity contribution in [3.8, 4) is 11.5 Å². The van der Waals surface area contributed by atoms with Gasteiger partial charge >= 0.3 is 0 Å². The highest BCUT2D eigenvalue weighted by molar-refractivity contribution is 6.02. The number of para-hydroxylation sites is 1. The van der Waals surface area contributed by atoms with Crippen LogP contribution >= 0.6 is 0 Å². The molecular formula is C19H12O4. The van der Waals surface area contributed by atoms with Crippen molar-refractivity contribution in [1.29, 1.82) is 0 Å². The van der Waals surface area contributed by atoms with Gasteiger partial charge in [0.15, 0.2) is 11.5 Å². The van der Waals surface area contributed by atoms with Gasteiger partial charge in [-0.3, -0.25) is 4.79 Å². The molecule has 0 amide bonds. The first kappa shape index (κ1) is 12.5. The Morgan fingerprint density at radius 1 is 0.783 bits per heavy atom. The molecule has 112 valence electrons. The van der Waals surface area contributed by atoms with Gasteiger partial charge in [0.1, 0.15) is 24.4 Å². The van der Waals surface area contributed by atoms with Gasteiger partial charge in [-0.25, -0.2) is 0 Å². The van der Waals surface area contributed by atoms with Gasteiger partial charge in [-0.1, -0.05) is 18.2 Å². The molecule has 0 unspecified atom stereocenters. The van der Waals surface area contributed by atoms with Crippen LogP contribution in [-0.2, 0) is 0 Å². The predicted molar refractivity (Wildman–Crippen MR) is 88.5 cm³/mol. The summed E-state index contributed by atoms with van der Waals surface area (Å²) in [6, 6.07) is 14.9. The Morgan fingerprint density at radius 2 is 1.65 bits per heavy atom. The summed E-state index contributed by atoms with van der Waals surface area (Å²) in [6.45, 7) is 1.05. The fourth-order valence-corrected chi connectivity index (χ4v) is 3.13. The molecule has 3 aromatic carbocycles. The summed E-state index contributed by atoms with van der Waals surface area (Å²) < 4.78 is 17.3. The van der Waals surface area contributed by atoms with Crippen molar-refractivity contribution in [3.63, 3.8) is 0 Å². The molecule has 1 aliphatic heterocycles. The van der Waals surface area contributed by atoms with E-state index in [1.807, 2.05) is 42.5 Å². The minimum atomic E-state index is -0.0296. The Kier molecular flexibility index (Phi) is 2.45. The quantitative estimate of drug-likeness (QED) is 0.463. The van der Waals surface area contributed by atoms with E-state index in [0.29, 0.717) is 46.7 Å². The second-order valence-electron chi connectivity index (χ2n) is 5.59. The Hall–Kier alpha value is -3.01. The maximum absolute atomic E-state index is 12.8. The third-order valence-electron chi connectivity index (χ3n) is 4.22. The second kappa shape index (κ2) is 4.49. The summed E-state index contributed by atoms with van der Waals surface area (Å²) in [4.78, 5) is 12.8. The minimum Gasteiger partial charge on any atom is -0.486 e. The fraction of sp³-hybridized carbons (Fsp3) is 0.105. The molecule has 2 heterocycles. The summed E-state index contributed by atoms with van der Waals surface area (Å²) in [6.07, 6.45) is 0. The van der Waals surface area contributed by atoms with Crippen LogP contribution in [0.2, 0.25) is 0 Å². The first-order valence-corrected chi connectivity index (χ1v) is 7.49. The molecule has 0 N–H and O–H groups in total. The third kappa shape index (κ3) is 1.75. The zero-order valence-electron chi connectivity index (χ0n) is 12.2. The van der Waals surface area contributed by atoms with Crippen molar-refractivity contribution in [2.45, 2.75) is 0 Å². The van der Waals surface area contributed by atoms with E-state index in [0.717, 1.165) is 10.8 Å². The molecule has 0 spiro atoms. The highest BCUT2D eigenvalue weighted by Gasteiger charge is 2.17. The summed E-state index contributed by atoms with van der Waals surface area (Å²) in [5, 5.41) is 2.97. The summed E-state index contributed by atoms with van der Waals surface area (Å²) in [5.74, 6) is 1.41. The molecule has 0 saturated carbocycles. The smallest absolute Gasteiger partial charge is 0.200 e. The highest BCUT2D eigenvalue weighted by Crippen LogP contribution is 2.39. The number of hydrogen-bond acceptors (Lipinski definition) is 4. The Morgan fingerprint density at radius 3 is 2.61 bits per heavy atom. The SMILES string of the molecule is O=c1c2ccccc2oc2cc3ccc4c(c3cc12)OCCO4. The molecule has 0 fully saturated rings. The molecule has 0 bridgehead atoms. The van der Waals surface area contributed by atoms with Crippen molar-refractivity contribution in [3.05, 3.63) is 58.8 Å². The van der Waals surface area contributed by atoms with Crippen LogP contribution in [0.1, 0.15) is 0 Å². The maximum atomic E-state index is 12.8. The molecule has 4 nitrogen and oxygen atoms in total. The highest BCUT2D eigenvalue weighted by atomic mass is 16.6. The zero-order chi connectivity index (χ0) is 15.4. The predicted octanol–water partition coefficient (Wildman–Crippen LogP) is 3.87. The molecule has 1 aromatic heterocycles. The van der Waals surface area contributed by atoms with Gasteiger partial charge in [0.05, 0.1) is 10.8 Å². The monoisotopic (exact) mass is 304 g/mol. The lowest BCUT2D eigenvalue weighted by Crippen LogP contribution is -2.15. The van der Waals surface area contributed by atoms with E-state index >= 15 is 0 Å². The normalized spacial score (nSPS) is 13.7. The number of rotatable bonds is 0. The average Bonchev–Trinajstić information content (AvgIpc) is 2.60. The summed E-state index contributed by atoms with van der Waals surface area (Å²) in [7, 11) is 0. The number of benzene rings is 3. The topological polar surface area (TPSA) is 48.7 Å². The Bertz CT molecular complexity index is 1140. The van der Waals surface area contributed by atoms with Gasteiger partial charge in [0.2, 0.25) is 5.43 Å². The van der Waals surface area contributed by atoms with Crippen LogP contribution in [0, 0.1) is 0 Å². The maximum Gasteiger partial charge on any atom is 0.200 e. The van der Waals surface area contributed by atoms with Crippen LogP contribution < -0.4 is 14.9 Å². The molecule has 23 heavy (non-hydrogen) atoms. The van der Waals surface area contributed by atoms with Crippen LogP contribution in [0.25, 0.3) is 32.7 Å². The van der Waals surface area contributed by atoms with E-state index in [1.54, 1.807) is 6.07 Å². The molecule has 4 aromatic rings. The molecule has 0 saturated heterocycles. The Balaban J connectivity index is 1.95. The van der Waals surface area contributed by atoms with Gasteiger partial charge < -0.3 is 13.9 Å². The third-order valence-corrected chi connectivity index (χ3v) is 4.22. The van der Waals surface area contributed by atoms with Crippen molar-refractivity contribution >= 4 is 32.7 Å². The van der Waals surface area contributed by atoms with Crippen LogP contribution in [0.15, 0.2) is 57.7 Å². The lowest BCUT2D eigenvalue weighted by atomic mass is 10.0. The van der Waals surface area contributed by atoms with Crippen molar-refractivity contribution in [2.75, 3.05) is 13.2 Å². The molecule has 0 atom stereocenters. The van der Waals surface area contributed by atoms with Crippen LogP contribution in [-0.4, -0.2) is 13.2 Å². The van der Waals surface area contributed by atoms with Crippen LogP contribution in [0.4, 0.5) is 0 Å². The molecular weight excluding hydrogens is 292 g/mol. The van der Waals surface area contributed by atoms with E-state index in [4.69, 9.17) is 13.9 Å². The first-order chi connectivity index (χ1) is 11.3. The zero-order valence-corrected chi connectivity index (χ0v) is 12.2. The number of ether oxygens (including phenoxy) is 2. The van der Waals surface area contributed by atoms with E-state index in [2.05, 4.69) is 0 Å². The van der Waals surface area contributed by atoms with Crippen molar-refractivity contribution in [2.24, 2.45) is 0 Å². The molecule has 5 rings (SSSR count). The molecule has 4 heteroatoms. The van der Waals surface area contributed by atoms with Crippen LogP contribution in [0.3, 0.4) is 0 Å². The molecule has 0 aliphatic carbocycles. The second-order valence-corrected chi connectivity index (χ2v) is 5.59. The number of hydrogen-bond donors (Lipinski definition) is 0. The van der Waals surface area contributed by atoms with E-state index in [1.165, 1.54) is 0 Å². The summed E-state index contributed by atoms with van der Waals surface area (Å²) >= 11 is 0. The standard InChI is InChI=1S/C19H12O4/c20-18-12-3-1-2-4-15(12)23-17-9-11-5-6-16-19(22-8-7-21-16)13(11)10-14(17)18/h1-6,9-10H,7-8H2. The lowest BCUT2D eigenvalue weighted by Gasteiger charge is -2.20. The number of fused-ring (bicyclic) bond motifs is 5. The van der Waals surface area contributed by atoms with Gasteiger partial charge in [-0.05, 0) is 35.7 Å². The first-order valence-electron chi connectivity index (χ1n) is 7.49.